The van der Waals surface area contributed by atoms with E-state index in [0.29, 0.717) is 10.9 Å². The Morgan fingerprint density at radius 1 is 0.174 bits per heavy atom. The third-order valence-corrected chi connectivity index (χ3v) is 22.5. The number of hydrogen-bond donors (Lipinski definition) is 4. The summed E-state index contributed by atoms with van der Waals surface area (Å²) in [4.78, 5) is 0. The van der Waals surface area contributed by atoms with Crippen LogP contribution in [-0.4, -0.2) is 34.3 Å². The largest absolute Gasteiger partial charge is 0.488 e. The average Bonchev–Trinajstić information content (AvgIpc) is 0.809. The molecule has 0 amide bonds. The second kappa shape index (κ2) is 35.9. The van der Waals surface area contributed by atoms with Crippen molar-refractivity contribution in [2.45, 2.75) is 0 Å². The minimum atomic E-state index is -1.43. The number of benzene rings is 20. The molecule has 0 bridgehead atoms. The summed E-state index contributed by atoms with van der Waals surface area (Å²) in [5.41, 5.74) is 20.7. The van der Waals surface area contributed by atoms with Crippen LogP contribution in [-0.2, 0) is 0 Å². The van der Waals surface area contributed by atoms with Crippen LogP contribution < -0.4 is 10.9 Å². The predicted octanol–water partition coefficient (Wildman–Crippen LogP) is 27.3. The lowest BCUT2D eigenvalue weighted by molar-refractivity contribution is 0.424. The lowest BCUT2D eigenvalue weighted by Crippen LogP contribution is -2.29. The van der Waals surface area contributed by atoms with Gasteiger partial charge in [-0.05, 0) is 283 Å². The molecule has 0 heterocycles. The molecule has 0 radical (unpaired) electrons. The van der Waals surface area contributed by atoms with Crippen molar-refractivity contribution in [3.8, 4) is 89.0 Å². The van der Waals surface area contributed by atoms with Crippen LogP contribution >= 0.6 is 54.5 Å². The highest BCUT2D eigenvalue weighted by Crippen LogP contribution is 2.38. The summed E-state index contributed by atoms with van der Waals surface area (Å²) in [6, 6.07) is 150. The van der Waals surface area contributed by atoms with Crippen LogP contribution in [0.25, 0.3) is 164 Å². The zero-order valence-electron chi connectivity index (χ0n) is 62.6. The van der Waals surface area contributed by atoms with E-state index in [0.717, 1.165) is 41.6 Å². The molecule has 0 aliphatic heterocycles. The molecule has 20 rings (SSSR count). The van der Waals surface area contributed by atoms with Gasteiger partial charge in [0, 0.05) is 12.5 Å². The quantitative estimate of drug-likeness (QED) is 0.0812. The Balaban J connectivity index is 0.000000117. The highest BCUT2D eigenvalue weighted by Gasteiger charge is 2.15. The lowest BCUT2D eigenvalue weighted by Gasteiger charge is -2.11. The molecule has 4 nitrogen and oxygen atoms in total. The minimum absolute atomic E-state index is 0.510. The molecular formula is C106H75B2Br2IO4. The number of hydrogen-bond acceptors (Lipinski definition) is 4. The van der Waals surface area contributed by atoms with Gasteiger partial charge in [-0.2, -0.15) is 0 Å². The van der Waals surface area contributed by atoms with Crippen molar-refractivity contribution in [2.75, 3.05) is 0 Å². The van der Waals surface area contributed by atoms with Gasteiger partial charge in [-0.15, -0.1) is 0 Å². The van der Waals surface area contributed by atoms with Gasteiger partial charge in [0.1, 0.15) is 0 Å². The maximum Gasteiger partial charge on any atom is 0.488 e. The molecule has 0 atom stereocenters. The minimum Gasteiger partial charge on any atom is -0.423 e. The van der Waals surface area contributed by atoms with Crippen molar-refractivity contribution in [2.24, 2.45) is 0 Å². The van der Waals surface area contributed by atoms with E-state index >= 15 is 0 Å². The molecule has 0 saturated heterocycles. The fourth-order valence-electron chi connectivity index (χ4n) is 14.9. The van der Waals surface area contributed by atoms with E-state index in [9.17, 15) is 20.1 Å². The molecular weight excluding hydrogens is 1650 g/mol. The Labute approximate surface area is 701 Å². The lowest BCUT2D eigenvalue weighted by atomic mass is 9.79. The van der Waals surface area contributed by atoms with E-state index in [1.807, 2.05) is 72.8 Å². The highest BCUT2D eigenvalue weighted by atomic mass is 127. The molecule has 20 aromatic carbocycles. The highest BCUT2D eigenvalue weighted by molar-refractivity contribution is 14.1. The van der Waals surface area contributed by atoms with E-state index < -0.39 is 14.2 Å². The maximum absolute atomic E-state index is 9.29. The summed E-state index contributed by atoms with van der Waals surface area (Å²) in [6.07, 6.45) is 0. The summed E-state index contributed by atoms with van der Waals surface area (Å²) in [6.45, 7) is 0. The third-order valence-electron chi connectivity index (χ3n) is 20.8. The van der Waals surface area contributed by atoms with Gasteiger partial charge in [0.05, 0.1) is 0 Å². The molecule has 115 heavy (non-hydrogen) atoms. The van der Waals surface area contributed by atoms with Crippen LogP contribution in [0.3, 0.4) is 0 Å². The van der Waals surface area contributed by atoms with Gasteiger partial charge in [-0.3, -0.25) is 0 Å². The summed E-state index contributed by atoms with van der Waals surface area (Å²) in [7, 11) is -2.85. The van der Waals surface area contributed by atoms with Gasteiger partial charge in [0.2, 0.25) is 0 Å². The molecule has 0 spiro atoms. The maximum atomic E-state index is 9.29. The van der Waals surface area contributed by atoms with E-state index in [-0.39, 0.29) is 0 Å². The Kier molecular flexibility index (Phi) is 24.0. The molecule has 4 N–H and O–H groups in total. The summed E-state index contributed by atoms with van der Waals surface area (Å²) < 4.78 is 3.51. The summed E-state index contributed by atoms with van der Waals surface area (Å²) in [5, 5.41) is 53.7. The third kappa shape index (κ3) is 18.6. The van der Waals surface area contributed by atoms with Crippen molar-refractivity contribution in [3.63, 3.8) is 0 Å². The summed E-state index contributed by atoms with van der Waals surface area (Å²) in [5.74, 6) is 0. The molecule has 9 heteroatoms. The summed E-state index contributed by atoms with van der Waals surface area (Å²) >= 11 is 9.18. The van der Waals surface area contributed by atoms with Gasteiger partial charge >= 0.3 is 14.2 Å². The van der Waals surface area contributed by atoms with E-state index in [1.54, 1.807) is 18.2 Å². The fourth-order valence-corrected chi connectivity index (χ4v) is 16.6. The number of rotatable bonds is 10. The molecule has 0 aliphatic carbocycles. The first-order valence-corrected chi connectivity index (χ1v) is 40.8. The van der Waals surface area contributed by atoms with Crippen LogP contribution in [0.15, 0.2) is 440 Å². The molecule has 20 aromatic rings. The van der Waals surface area contributed by atoms with Crippen LogP contribution in [0.4, 0.5) is 0 Å². The second-order valence-electron chi connectivity index (χ2n) is 28.4. The van der Waals surface area contributed by atoms with Gasteiger partial charge in [-0.25, -0.2) is 0 Å². The molecule has 0 fully saturated rings. The smallest absolute Gasteiger partial charge is 0.423 e. The standard InChI is InChI=1S/C42H28.C22H15Br.C20H15BO2.C16H13BO2.C6H4BrI/c1-2-8-29(9-3-1)33-16-17-37-26-34(18-20-36(37)25-33)31-12-6-13-32(24-31)35-19-21-39-28-40(23-22-38(39)27-35)42-15-7-11-30-10-4-5-14-41(30)42;23-22-8-4-7-17(15-22)19-11-12-20-13-18(9-10-21(20)14-19)16-5-2-1-3-6-16;22-21(23)18-11-10-15-12-17(9-8-16(15)13-18)20-7-3-5-14-4-1-2-6-19(14)20;18-17(19)16-9-8-14-10-13(6-7-15(14)11-16)12-4-2-1-3-5-12;7-5-2-1-3-6(8)4-5/h1-28H;1-15H;1-13,22-23H;1-11,18-19H;1-4H. The second-order valence-corrected chi connectivity index (χ2v) is 31.5. The molecule has 0 unspecified atom stereocenters. The zero-order chi connectivity index (χ0) is 78.6. The number of fused-ring (bicyclic) bond motifs is 7. The van der Waals surface area contributed by atoms with Crippen LogP contribution in [0.1, 0.15) is 0 Å². The van der Waals surface area contributed by atoms with Gasteiger partial charge in [0.15, 0.2) is 0 Å². The predicted molar refractivity (Wildman–Crippen MR) is 506 cm³/mol. The van der Waals surface area contributed by atoms with Crippen LogP contribution in [0.5, 0.6) is 0 Å². The molecule has 0 aromatic heterocycles. The van der Waals surface area contributed by atoms with Crippen molar-refractivity contribution in [3.05, 3.63) is 443 Å². The van der Waals surface area contributed by atoms with Crippen molar-refractivity contribution in [1.82, 2.24) is 0 Å². The Bertz CT molecular complexity index is 6830. The van der Waals surface area contributed by atoms with Gasteiger partial charge in [-0.1, -0.05) is 378 Å². The molecule has 0 aliphatic rings. The molecule has 0 saturated carbocycles. The fraction of sp³-hybridized carbons (Fsp3) is 0. The number of halogens is 3. The SMILES string of the molecule is Brc1cccc(-c2ccc3cc(-c4ccccc4)ccc3c2)c1.Brc1cccc(I)c1.OB(O)c1ccc2cc(-c3cccc4ccccc34)ccc2c1.OB(O)c1ccc2cc(-c3ccccc3)ccc2c1.c1ccc(-c2ccc3cc(-c4cccc(-c5ccc6cc(-c7cccc8ccccc78)ccc6c5)c4)ccc3c2)cc1. The Hall–Kier alpha value is -12.1. The Morgan fingerprint density at radius 2 is 0.417 bits per heavy atom. The topological polar surface area (TPSA) is 80.9 Å². The first kappa shape index (κ1) is 76.8. The zero-order valence-corrected chi connectivity index (χ0v) is 67.9. The van der Waals surface area contributed by atoms with Gasteiger partial charge < -0.3 is 20.1 Å². The average molecular weight is 1720 g/mol. The van der Waals surface area contributed by atoms with Crippen molar-refractivity contribution in [1.29, 1.82) is 0 Å². The van der Waals surface area contributed by atoms with Gasteiger partial charge in [0.25, 0.3) is 0 Å². The van der Waals surface area contributed by atoms with Crippen LogP contribution in [0.2, 0.25) is 0 Å². The van der Waals surface area contributed by atoms with Crippen molar-refractivity contribution >= 4 is 155 Å². The normalized spacial score (nSPS) is 10.9. The van der Waals surface area contributed by atoms with E-state index in [2.05, 4.69) is 394 Å². The monoisotopic (exact) mass is 1720 g/mol. The first-order valence-electron chi connectivity index (χ1n) is 38.1. The molecule has 550 valence electrons. The van der Waals surface area contributed by atoms with E-state index in [4.69, 9.17) is 0 Å². The van der Waals surface area contributed by atoms with Crippen LogP contribution in [0, 0.1) is 3.57 Å². The Morgan fingerprint density at radius 3 is 0.748 bits per heavy atom. The van der Waals surface area contributed by atoms with E-state index in [1.165, 1.54) is 135 Å². The van der Waals surface area contributed by atoms with Crippen molar-refractivity contribution < 1.29 is 20.1 Å². The first-order chi connectivity index (χ1) is 56.3.